The second-order valence-corrected chi connectivity index (χ2v) is 9.85. The number of nitrogens with zero attached hydrogens (tertiary/aromatic N) is 3. The Labute approximate surface area is 206 Å². The number of carbonyl (C=O) groups is 2. The van der Waals surface area contributed by atoms with E-state index in [0.29, 0.717) is 31.9 Å². The van der Waals surface area contributed by atoms with Crippen molar-refractivity contribution in [3.8, 4) is 22.5 Å². The van der Waals surface area contributed by atoms with E-state index in [4.69, 9.17) is 4.98 Å². The van der Waals surface area contributed by atoms with Crippen LogP contribution in [0.1, 0.15) is 9.67 Å². The van der Waals surface area contributed by atoms with E-state index in [9.17, 15) is 9.59 Å². The topological polar surface area (TPSA) is 69.3 Å². The number of carbonyl (C=O) groups excluding carboxylic acids is 2. The summed E-state index contributed by atoms with van der Waals surface area (Å²) in [7, 11) is 0. The Morgan fingerprint density at radius 1 is 0.853 bits per heavy atom. The lowest BCUT2D eigenvalue weighted by Gasteiger charge is -2.34. The molecule has 2 aromatic carbocycles. The largest absolute Gasteiger partial charge is 0.338 e. The summed E-state index contributed by atoms with van der Waals surface area (Å²) in [6.45, 7) is 2.23. The first-order chi connectivity index (χ1) is 16.7. The quantitative estimate of drug-likeness (QED) is 0.393. The average molecular weight is 489 g/mol. The molecule has 0 saturated carbocycles. The van der Waals surface area contributed by atoms with Crippen molar-refractivity contribution >= 4 is 34.9 Å². The molecule has 0 atom stereocenters. The summed E-state index contributed by atoms with van der Waals surface area (Å²) >= 11 is 2.87. The molecular weight excluding hydrogens is 464 g/mol. The highest BCUT2D eigenvalue weighted by Crippen LogP contribution is 2.32. The van der Waals surface area contributed by atoms with Gasteiger partial charge in [-0.05, 0) is 11.4 Å². The molecule has 1 aliphatic heterocycles. The van der Waals surface area contributed by atoms with E-state index >= 15 is 0 Å². The number of thioether (sulfide) groups is 1. The zero-order valence-electron chi connectivity index (χ0n) is 18.5. The Morgan fingerprint density at radius 3 is 2.15 bits per heavy atom. The minimum atomic E-state index is 0.0499. The fourth-order valence-corrected chi connectivity index (χ4v) is 5.44. The summed E-state index contributed by atoms with van der Waals surface area (Å²) in [5, 5.41) is 2.63. The SMILES string of the molecule is O=C(CSc1nc(-c2ccccc2)c(-c2ccccc2)[nH]1)N1CCN(C(=O)c2cccs2)CC1. The second-order valence-electron chi connectivity index (χ2n) is 7.94. The fourth-order valence-electron chi connectivity index (χ4n) is 3.97. The number of hydrogen-bond donors (Lipinski definition) is 1. The van der Waals surface area contributed by atoms with E-state index in [1.54, 1.807) is 0 Å². The van der Waals surface area contributed by atoms with Crippen LogP contribution in [-0.2, 0) is 4.79 Å². The maximum atomic E-state index is 12.9. The van der Waals surface area contributed by atoms with Crippen molar-refractivity contribution in [3.05, 3.63) is 83.1 Å². The highest BCUT2D eigenvalue weighted by Gasteiger charge is 2.25. The van der Waals surface area contributed by atoms with E-state index in [1.807, 2.05) is 75.8 Å². The standard InChI is InChI=1S/C26H24N4O2S2/c31-22(29-13-15-30(16-14-29)25(32)21-12-7-17-33-21)18-34-26-27-23(19-8-3-1-4-9-19)24(28-26)20-10-5-2-6-11-20/h1-12,17H,13-16,18H2,(H,27,28). The van der Waals surface area contributed by atoms with Crippen molar-refractivity contribution < 1.29 is 9.59 Å². The van der Waals surface area contributed by atoms with Gasteiger partial charge in [0, 0.05) is 37.3 Å². The Morgan fingerprint density at radius 2 is 1.50 bits per heavy atom. The van der Waals surface area contributed by atoms with Crippen LogP contribution >= 0.6 is 23.1 Å². The number of rotatable bonds is 6. The van der Waals surface area contributed by atoms with Gasteiger partial charge in [0.15, 0.2) is 5.16 Å². The minimum absolute atomic E-state index is 0.0499. The van der Waals surface area contributed by atoms with Gasteiger partial charge >= 0.3 is 0 Å². The van der Waals surface area contributed by atoms with Gasteiger partial charge < -0.3 is 14.8 Å². The zero-order chi connectivity index (χ0) is 23.3. The monoisotopic (exact) mass is 488 g/mol. The lowest BCUT2D eigenvalue weighted by Crippen LogP contribution is -2.51. The number of aromatic amines is 1. The van der Waals surface area contributed by atoms with Gasteiger partial charge in [0.05, 0.1) is 22.0 Å². The Kier molecular flexibility index (Phi) is 6.78. The van der Waals surface area contributed by atoms with Crippen LogP contribution in [0.3, 0.4) is 0 Å². The lowest BCUT2D eigenvalue weighted by atomic mass is 10.1. The molecule has 0 radical (unpaired) electrons. The molecule has 1 saturated heterocycles. The van der Waals surface area contributed by atoms with Crippen molar-refractivity contribution in [1.29, 1.82) is 0 Å². The second kappa shape index (κ2) is 10.3. The summed E-state index contributed by atoms with van der Waals surface area (Å²) in [5.41, 5.74) is 3.91. The minimum Gasteiger partial charge on any atom is -0.338 e. The molecule has 0 aliphatic carbocycles. The molecule has 172 valence electrons. The zero-order valence-corrected chi connectivity index (χ0v) is 20.1. The third-order valence-corrected chi connectivity index (χ3v) is 7.49. The van der Waals surface area contributed by atoms with Crippen molar-refractivity contribution in [2.45, 2.75) is 5.16 Å². The van der Waals surface area contributed by atoms with Gasteiger partial charge in [0.2, 0.25) is 5.91 Å². The first kappa shape index (κ1) is 22.4. The van der Waals surface area contributed by atoms with Gasteiger partial charge in [-0.3, -0.25) is 9.59 Å². The Balaban J connectivity index is 1.23. The van der Waals surface area contributed by atoms with Gasteiger partial charge in [-0.25, -0.2) is 4.98 Å². The molecule has 3 heterocycles. The molecule has 1 N–H and O–H groups in total. The molecule has 4 aromatic rings. The van der Waals surface area contributed by atoms with E-state index in [-0.39, 0.29) is 11.8 Å². The highest BCUT2D eigenvalue weighted by atomic mass is 32.2. The Hall–Kier alpha value is -3.36. The van der Waals surface area contributed by atoms with Crippen LogP contribution in [0.15, 0.2) is 83.3 Å². The molecule has 8 heteroatoms. The maximum absolute atomic E-state index is 12.9. The maximum Gasteiger partial charge on any atom is 0.264 e. The first-order valence-corrected chi connectivity index (χ1v) is 13.0. The molecular formula is C26H24N4O2S2. The normalized spacial score (nSPS) is 13.8. The molecule has 0 bridgehead atoms. The number of imidazole rings is 1. The molecule has 2 amide bonds. The van der Waals surface area contributed by atoms with Crippen molar-refractivity contribution in [2.75, 3.05) is 31.9 Å². The highest BCUT2D eigenvalue weighted by molar-refractivity contribution is 7.99. The number of nitrogens with one attached hydrogen (secondary N) is 1. The smallest absolute Gasteiger partial charge is 0.264 e. The Bertz CT molecular complexity index is 1190. The van der Waals surface area contributed by atoms with E-state index in [0.717, 1.165) is 32.5 Å². The molecule has 1 aliphatic rings. The number of amides is 2. The molecule has 0 unspecified atom stereocenters. The molecule has 2 aromatic heterocycles. The number of hydrogen-bond acceptors (Lipinski definition) is 5. The van der Waals surface area contributed by atoms with Gasteiger partial charge in [-0.1, -0.05) is 78.5 Å². The predicted molar refractivity (Wildman–Crippen MR) is 137 cm³/mol. The van der Waals surface area contributed by atoms with Gasteiger partial charge in [0.25, 0.3) is 5.91 Å². The van der Waals surface area contributed by atoms with E-state index < -0.39 is 0 Å². The third kappa shape index (κ3) is 4.93. The van der Waals surface area contributed by atoms with Crippen LogP contribution in [0.4, 0.5) is 0 Å². The van der Waals surface area contributed by atoms with Crippen molar-refractivity contribution in [3.63, 3.8) is 0 Å². The van der Waals surface area contributed by atoms with Crippen LogP contribution in [0, 0.1) is 0 Å². The summed E-state index contributed by atoms with van der Waals surface area (Å²) in [4.78, 5) is 38.1. The van der Waals surface area contributed by atoms with Crippen molar-refractivity contribution in [1.82, 2.24) is 19.8 Å². The molecule has 5 rings (SSSR count). The summed E-state index contributed by atoms with van der Waals surface area (Å²) in [6, 6.07) is 23.9. The fraction of sp³-hybridized carbons (Fsp3) is 0.192. The van der Waals surface area contributed by atoms with Crippen LogP contribution in [0.2, 0.25) is 0 Å². The molecule has 34 heavy (non-hydrogen) atoms. The summed E-state index contributed by atoms with van der Waals surface area (Å²) in [5.74, 6) is 0.413. The van der Waals surface area contributed by atoms with E-state index in [1.165, 1.54) is 23.1 Å². The predicted octanol–water partition coefficient (Wildman–Crippen LogP) is 4.88. The molecule has 0 spiro atoms. The number of thiophene rings is 1. The summed E-state index contributed by atoms with van der Waals surface area (Å²) in [6.07, 6.45) is 0. The van der Waals surface area contributed by atoms with E-state index in [2.05, 4.69) is 17.1 Å². The first-order valence-electron chi connectivity index (χ1n) is 11.1. The van der Waals surface area contributed by atoms with Gasteiger partial charge in [-0.2, -0.15) is 0 Å². The average Bonchev–Trinajstić information content (AvgIpc) is 3.59. The molecule has 6 nitrogen and oxygen atoms in total. The summed E-state index contributed by atoms with van der Waals surface area (Å²) < 4.78 is 0. The van der Waals surface area contributed by atoms with Crippen LogP contribution in [0.5, 0.6) is 0 Å². The van der Waals surface area contributed by atoms with Gasteiger partial charge in [0.1, 0.15) is 0 Å². The number of piperazine rings is 1. The number of aromatic nitrogens is 2. The van der Waals surface area contributed by atoms with Crippen LogP contribution in [0.25, 0.3) is 22.5 Å². The number of benzene rings is 2. The van der Waals surface area contributed by atoms with Crippen LogP contribution in [-0.4, -0.2) is 63.5 Å². The third-order valence-electron chi connectivity index (χ3n) is 5.78. The van der Waals surface area contributed by atoms with Gasteiger partial charge in [-0.15, -0.1) is 11.3 Å². The van der Waals surface area contributed by atoms with Crippen molar-refractivity contribution in [2.24, 2.45) is 0 Å². The van der Waals surface area contributed by atoms with Crippen LogP contribution < -0.4 is 0 Å². The number of H-pyrrole nitrogens is 1. The molecule has 1 fully saturated rings. The lowest BCUT2D eigenvalue weighted by molar-refractivity contribution is -0.129.